The number of carbonyl (C=O) groups excluding carboxylic acids is 3. The Balaban J connectivity index is 2.60. The predicted molar refractivity (Wildman–Crippen MR) is 215 cm³/mol. The summed E-state index contributed by atoms with van der Waals surface area (Å²) in [4.78, 5) is 86.2. The maximum atomic E-state index is 13.0. The topological polar surface area (TPSA) is 404 Å². The van der Waals surface area contributed by atoms with E-state index >= 15 is 0 Å². The van der Waals surface area contributed by atoms with Gasteiger partial charge >= 0.3 is 17.9 Å². The third-order valence-corrected chi connectivity index (χ3v) is 11.0. The lowest BCUT2D eigenvalue weighted by molar-refractivity contribution is -0.147. The van der Waals surface area contributed by atoms with Crippen LogP contribution < -0.4 is 16.0 Å². The third kappa shape index (κ3) is 16.2. The van der Waals surface area contributed by atoms with Crippen LogP contribution >= 0.6 is 0 Å². The molecular formula is C38H63N7O18. The van der Waals surface area contributed by atoms with Gasteiger partial charge in [-0.1, -0.05) is 6.07 Å². The fourth-order valence-corrected chi connectivity index (χ4v) is 6.82. The number of aliphatic hydroxyl groups is 9. The van der Waals surface area contributed by atoms with Crippen LogP contribution in [-0.4, -0.2) is 237 Å². The van der Waals surface area contributed by atoms with Gasteiger partial charge in [-0.2, -0.15) is 0 Å². The number of aromatic nitrogens is 1. The first-order valence-electron chi connectivity index (χ1n) is 20.1. The zero-order valence-corrected chi connectivity index (χ0v) is 34.9. The Labute approximate surface area is 362 Å². The largest absolute Gasteiger partial charge is 0.480 e. The summed E-state index contributed by atoms with van der Waals surface area (Å²) in [6.07, 6.45) is -2.52. The summed E-state index contributed by atoms with van der Waals surface area (Å²) in [6, 6.07) is 0.380. The van der Waals surface area contributed by atoms with Gasteiger partial charge < -0.3 is 77.2 Å². The molecule has 1 aliphatic heterocycles. The zero-order chi connectivity index (χ0) is 47.4. The first kappa shape index (κ1) is 54.6. The molecule has 25 heteroatoms. The Morgan fingerprint density at radius 2 is 0.730 bits per heavy atom. The van der Waals surface area contributed by atoms with E-state index in [9.17, 15) is 90.0 Å². The molecular weight excluding hydrogens is 842 g/mol. The summed E-state index contributed by atoms with van der Waals surface area (Å²) in [5.74, 6) is -6.63. The van der Waals surface area contributed by atoms with Gasteiger partial charge in [0.15, 0.2) is 0 Å². The highest BCUT2D eigenvalue weighted by atomic mass is 16.4. The molecule has 0 fully saturated rings. The second-order valence-electron chi connectivity index (χ2n) is 15.7. The molecule has 0 aromatic carbocycles. The molecule has 3 amide bonds. The number of nitrogens with zero attached hydrogens (tertiary/aromatic N) is 4. The molecule has 0 aliphatic carbocycles. The van der Waals surface area contributed by atoms with Crippen molar-refractivity contribution in [2.24, 2.45) is 0 Å². The summed E-state index contributed by atoms with van der Waals surface area (Å²) < 4.78 is 0. The van der Waals surface area contributed by atoms with Crippen LogP contribution in [0.2, 0.25) is 0 Å². The molecule has 358 valence electrons. The molecule has 3 unspecified atom stereocenters. The molecule has 0 saturated carbocycles. The van der Waals surface area contributed by atoms with Crippen LogP contribution in [0.1, 0.15) is 49.9 Å². The number of pyridine rings is 1. The Morgan fingerprint density at radius 3 is 0.984 bits per heavy atom. The van der Waals surface area contributed by atoms with Gasteiger partial charge in [0.05, 0.1) is 70.8 Å². The lowest BCUT2D eigenvalue weighted by Gasteiger charge is -2.37. The van der Waals surface area contributed by atoms with Crippen LogP contribution in [-0.2, 0) is 41.9 Å². The number of carboxylic acids is 3. The van der Waals surface area contributed by atoms with Crippen molar-refractivity contribution in [3.05, 3.63) is 29.6 Å². The van der Waals surface area contributed by atoms with E-state index in [1.165, 1.54) is 14.7 Å². The summed E-state index contributed by atoms with van der Waals surface area (Å²) >= 11 is 0. The van der Waals surface area contributed by atoms with Crippen molar-refractivity contribution in [1.29, 1.82) is 0 Å². The third-order valence-electron chi connectivity index (χ3n) is 11.0. The minimum atomic E-state index is -1.81. The number of carbonyl (C=O) groups is 6. The van der Waals surface area contributed by atoms with E-state index in [1.807, 2.05) is 0 Å². The number of hydrogen-bond donors (Lipinski definition) is 15. The normalized spacial score (nSPS) is 16.5. The van der Waals surface area contributed by atoms with E-state index in [-0.39, 0.29) is 52.1 Å². The summed E-state index contributed by atoms with van der Waals surface area (Å²) in [5, 5.41) is 125. The van der Waals surface area contributed by atoms with E-state index in [4.69, 9.17) is 0 Å². The highest BCUT2D eigenvalue weighted by Crippen LogP contribution is 2.20. The van der Waals surface area contributed by atoms with Crippen molar-refractivity contribution >= 4 is 35.6 Å². The molecule has 0 radical (unpaired) electrons. The van der Waals surface area contributed by atoms with E-state index in [0.29, 0.717) is 11.4 Å². The first-order valence-corrected chi connectivity index (χ1v) is 20.1. The van der Waals surface area contributed by atoms with Crippen molar-refractivity contribution in [1.82, 2.24) is 35.6 Å². The van der Waals surface area contributed by atoms with Gasteiger partial charge in [-0.3, -0.25) is 48.5 Å². The van der Waals surface area contributed by atoms with Crippen LogP contribution in [0, 0.1) is 0 Å². The molecule has 0 saturated heterocycles. The molecule has 15 N–H and O–H groups in total. The number of aliphatic carboxylic acids is 3. The summed E-state index contributed by atoms with van der Waals surface area (Å²) in [5.41, 5.74) is -4.79. The Kier molecular flexibility index (Phi) is 22.8. The van der Waals surface area contributed by atoms with Crippen molar-refractivity contribution < 1.29 is 90.0 Å². The van der Waals surface area contributed by atoms with Gasteiger partial charge in [0.2, 0.25) is 17.7 Å². The van der Waals surface area contributed by atoms with Gasteiger partial charge in [0, 0.05) is 58.5 Å². The number of fused-ring (bicyclic) bond motifs is 2. The lowest BCUT2D eigenvalue weighted by Crippen LogP contribution is -2.57. The minimum absolute atomic E-state index is 0.190. The maximum Gasteiger partial charge on any atom is 0.320 e. The fourth-order valence-electron chi connectivity index (χ4n) is 6.82. The molecule has 2 bridgehead atoms. The standard InChI is InChI=1S/C38H63N7O18/c46-16-36(17-47,18-48)40-30(55)7-4-27(33(58)59)43-10-12-44(28(34(60)61)5-8-31(56)41-37(19-49,20-50)21-51)14-25-2-1-3-26(39-25)15-45(13-11-43)29(35(62)63)6-9-32(57)42-38(22-52,23-53)24-54/h1-3,27-29,46-54H,4-24H2,(H,40,55)(H,41,56)(H,42,57)(H,58,59)(H,60,61)(H,62,63). The van der Waals surface area contributed by atoms with Crippen LogP contribution in [0.25, 0.3) is 0 Å². The zero-order valence-electron chi connectivity index (χ0n) is 34.9. The summed E-state index contributed by atoms with van der Waals surface area (Å²) in [7, 11) is 0. The Bertz CT molecular complexity index is 1530. The van der Waals surface area contributed by atoms with Crippen LogP contribution in [0.5, 0.6) is 0 Å². The summed E-state index contributed by atoms with van der Waals surface area (Å²) in [6.45, 7) is -8.74. The first-order chi connectivity index (χ1) is 29.9. The van der Waals surface area contributed by atoms with Gasteiger partial charge in [-0.15, -0.1) is 0 Å². The average molecular weight is 906 g/mol. The highest BCUT2D eigenvalue weighted by molar-refractivity contribution is 5.80. The molecule has 1 aromatic rings. The van der Waals surface area contributed by atoms with Crippen LogP contribution in [0.4, 0.5) is 0 Å². The van der Waals surface area contributed by atoms with Crippen molar-refractivity contribution in [3.8, 4) is 0 Å². The molecule has 1 aromatic heterocycles. The minimum Gasteiger partial charge on any atom is -0.480 e. The Morgan fingerprint density at radius 1 is 0.476 bits per heavy atom. The number of carboxylic acid groups (broad SMARTS) is 3. The molecule has 1 aliphatic rings. The van der Waals surface area contributed by atoms with Crippen molar-refractivity contribution in [2.45, 2.75) is 86.4 Å². The van der Waals surface area contributed by atoms with E-state index in [0.717, 1.165) is 0 Å². The molecule has 2 rings (SSSR count). The monoisotopic (exact) mass is 905 g/mol. The van der Waals surface area contributed by atoms with E-state index < -0.39 is 156 Å². The quantitative estimate of drug-likeness (QED) is 0.0390. The SMILES string of the molecule is O=C(CCC(C(=O)O)N1CCN(C(CCC(=O)NC(CO)(CO)CO)C(=O)O)Cc2cccc(n2)CN(C(CCC(=O)NC(CO)(CO)CO)C(=O)O)CC1)NC(CO)(CO)CO. The number of hydrogen-bond acceptors (Lipinski definition) is 19. The highest BCUT2D eigenvalue weighted by Gasteiger charge is 2.37. The molecule has 25 nitrogen and oxygen atoms in total. The average Bonchev–Trinajstić information content (AvgIpc) is 3.26. The van der Waals surface area contributed by atoms with E-state index in [1.54, 1.807) is 18.2 Å². The second-order valence-corrected chi connectivity index (χ2v) is 15.7. The van der Waals surface area contributed by atoms with Gasteiger partial charge in [-0.05, 0) is 31.4 Å². The number of rotatable bonds is 27. The molecule has 63 heavy (non-hydrogen) atoms. The molecule has 0 spiro atoms. The number of aliphatic hydroxyl groups excluding tert-OH is 9. The fraction of sp³-hybridized carbons (Fsp3) is 0.711. The number of nitrogens with one attached hydrogen (secondary N) is 3. The Hall–Kier alpha value is -4.51. The smallest absolute Gasteiger partial charge is 0.320 e. The van der Waals surface area contributed by atoms with Gasteiger partial charge in [0.1, 0.15) is 34.7 Å². The predicted octanol–water partition coefficient (Wildman–Crippen LogP) is -6.80. The molecule has 2 heterocycles. The maximum absolute atomic E-state index is 13.0. The second kappa shape index (κ2) is 26.3. The van der Waals surface area contributed by atoms with Crippen LogP contribution in [0.3, 0.4) is 0 Å². The van der Waals surface area contributed by atoms with Gasteiger partial charge in [-0.25, -0.2) is 0 Å². The van der Waals surface area contributed by atoms with Crippen LogP contribution in [0.15, 0.2) is 18.2 Å². The van der Waals surface area contributed by atoms with Crippen molar-refractivity contribution in [3.63, 3.8) is 0 Å². The lowest BCUT2D eigenvalue weighted by atomic mass is 10.0. The van der Waals surface area contributed by atoms with Gasteiger partial charge in [0.25, 0.3) is 0 Å². The molecule has 3 atom stereocenters. The number of amides is 3. The van der Waals surface area contributed by atoms with Crippen molar-refractivity contribution in [2.75, 3.05) is 85.6 Å². The van der Waals surface area contributed by atoms with E-state index in [2.05, 4.69) is 20.9 Å².